The molecule has 20 heavy (non-hydrogen) atoms. The van der Waals surface area contributed by atoms with Gasteiger partial charge in [0.2, 0.25) is 5.88 Å². The van der Waals surface area contributed by atoms with E-state index in [0.717, 1.165) is 12.8 Å². The average Bonchev–Trinajstić information content (AvgIpc) is 3.25. The molecule has 2 aromatic rings. The number of hydrogen-bond acceptors (Lipinski definition) is 4. The third-order valence-corrected chi connectivity index (χ3v) is 3.15. The fourth-order valence-electron chi connectivity index (χ4n) is 1.84. The van der Waals surface area contributed by atoms with E-state index in [1.54, 1.807) is 30.3 Å². The SMILES string of the molecule is Nc1ccc(OCc2ccccc2F)nc1NC1CC1. The van der Waals surface area contributed by atoms with E-state index in [1.807, 2.05) is 0 Å². The lowest BCUT2D eigenvalue weighted by Gasteiger charge is -2.10. The van der Waals surface area contributed by atoms with Gasteiger partial charge in [-0.2, -0.15) is 4.98 Å². The van der Waals surface area contributed by atoms with Crippen molar-refractivity contribution in [1.82, 2.24) is 4.98 Å². The lowest BCUT2D eigenvalue weighted by molar-refractivity contribution is 0.288. The standard InChI is InChI=1S/C15H16FN3O/c16-12-4-2-1-3-10(12)9-20-14-8-7-13(17)15(19-14)18-11-5-6-11/h1-4,7-8,11H,5-6,9,17H2,(H,18,19). The number of benzene rings is 1. The van der Waals surface area contributed by atoms with Crippen molar-refractivity contribution in [3.05, 3.63) is 47.8 Å². The van der Waals surface area contributed by atoms with Gasteiger partial charge in [-0.25, -0.2) is 4.39 Å². The Hall–Kier alpha value is -2.30. The maximum atomic E-state index is 13.5. The molecule has 1 aliphatic carbocycles. The number of rotatable bonds is 5. The summed E-state index contributed by atoms with van der Waals surface area (Å²) in [5.74, 6) is 0.795. The molecule has 0 amide bonds. The number of anilines is 2. The molecule has 1 heterocycles. The quantitative estimate of drug-likeness (QED) is 0.879. The van der Waals surface area contributed by atoms with Crippen molar-refractivity contribution in [3.8, 4) is 5.88 Å². The van der Waals surface area contributed by atoms with Gasteiger partial charge in [0.05, 0.1) is 5.69 Å². The van der Waals surface area contributed by atoms with Gasteiger partial charge >= 0.3 is 0 Å². The molecular weight excluding hydrogens is 257 g/mol. The normalized spacial score (nSPS) is 14.1. The first-order valence-corrected chi connectivity index (χ1v) is 6.61. The molecule has 3 N–H and O–H groups in total. The second kappa shape index (κ2) is 5.36. The molecule has 104 valence electrons. The third kappa shape index (κ3) is 2.99. The van der Waals surface area contributed by atoms with Crippen molar-refractivity contribution >= 4 is 11.5 Å². The van der Waals surface area contributed by atoms with Crippen LogP contribution >= 0.6 is 0 Å². The van der Waals surface area contributed by atoms with Crippen LogP contribution in [0.15, 0.2) is 36.4 Å². The molecule has 0 radical (unpaired) electrons. The Kier molecular flexibility index (Phi) is 3.41. The zero-order valence-electron chi connectivity index (χ0n) is 11.0. The first-order valence-electron chi connectivity index (χ1n) is 6.61. The summed E-state index contributed by atoms with van der Waals surface area (Å²) in [6, 6.07) is 10.4. The lowest BCUT2D eigenvalue weighted by atomic mass is 10.2. The van der Waals surface area contributed by atoms with E-state index in [1.165, 1.54) is 6.07 Å². The molecule has 0 bridgehead atoms. The monoisotopic (exact) mass is 273 g/mol. The van der Waals surface area contributed by atoms with Crippen LogP contribution in [0, 0.1) is 5.82 Å². The van der Waals surface area contributed by atoms with Gasteiger partial charge in [-0.05, 0) is 25.0 Å². The van der Waals surface area contributed by atoms with Crippen LogP contribution in [0.3, 0.4) is 0 Å². The van der Waals surface area contributed by atoms with Crippen molar-refractivity contribution in [2.24, 2.45) is 0 Å². The van der Waals surface area contributed by atoms with Gasteiger partial charge < -0.3 is 15.8 Å². The van der Waals surface area contributed by atoms with Crippen LogP contribution in [-0.2, 0) is 6.61 Å². The average molecular weight is 273 g/mol. The predicted octanol–water partition coefficient (Wildman–Crippen LogP) is 2.96. The van der Waals surface area contributed by atoms with Crippen LogP contribution in [0.5, 0.6) is 5.88 Å². The van der Waals surface area contributed by atoms with Gasteiger partial charge in [0, 0.05) is 17.7 Å². The largest absolute Gasteiger partial charge is 0.473 e. The highest BCUT2D eigenvalue weighted by Gasteiger charge is 2.22. The van der Waals surface area contributed by atoms with Crippen LogP contribution < -0.4 is 15.8 Å². The summed E-state index contributed by atoms with van der Waals surface area (Å²) in [6.07, 6.45) is 2.28. The number of ether oxygens (including phenoxy) is 1. The fraction of sp³-hybridized carbons (Fsp3) is 0.267. The summed E-state index contributed by atoms with van der Waals surface area (Å²) in [4.78, 5) is 4.32. The molecule has 1 aliphatic rings. The number of nitrogens with two attached hydrogens (primary N) is 1. The van der Waals surface area contributed by atoms with Gasteiger partial charge in [-0.15, -0.1) is 0 Å². The molecule has 4 nitrogen and oxygen atoms in total. The minimum Gasteiger partial charge on any atom is -0.473 e. The molecule has 0 atom stereocenters. The Morgan fingerprint density at radius 3 is 2.80 bits per heavy atom. The van der Waals surface area contributed by atoms with Crippen molar-refractivity contribution in [2.75, 3.05) is 11.1 Å². The van der Waals surface area contributed by atoms with Crippen LogP contribution in [0.1, 0.15) is 18.4 Å². The van der Waals surface area contributed by atoms with Gasteiger partial charge in [-0.3, -0.25) is 0 Å². The van der Waals surface area contributed by atoms with Crippen LogP contribution in [-0.4, -0.2) is 11.0 Å². The first kappa shape index (κ1) is 12.7. The number of nitrogen functional groups attached to an aromatic ring is 1. The Labute approximate surface area is 116 Å². The van der Waals surface area contributed by atoms with Crippen molar-refractivity contribution < 1.29 is 9.13 Å². The second-order valence-electron chi connectivity index (χ2n) is 4.89. The van der Waals surface area contributed by atoms with Crippen molar-refractivity contribution in [2.45, 2.75) is 25.5 Å². The van der Waals surface area contributed by atoms with E-state index in [2.05, 4.69) is 10.3 Å². The van der Waals surface area contributed by atoms with Crippen molar-refractivity contribution in [3.63, 3.8) is 0 Å². The molecule has 3 rings (SSSR count). The highest BCUT2D eigenvalue weighted by Crippen LogP contribution is 2.28. The Balaban J connectivity index is 1.69. The number of aromatic nitrogens is 1. The molecule has 0 spiro atoms. The number of hydrogen-bond donors (Lipinski definition) is 2. The second-order valence-corrected chi connectivity index (χ2v) is 4.89. The highest BCUT2D eigenvalue weighted by molar-refractivity contribution is 5.62. The molecule has 1 fully saturated rings. The molecule has 1 aromatic heterocycles. The molecule has 1 aromatic carbocycles. The van der Waals surface area contributed by atoms with Gasteiger partial charge in [-0.1, -0.05) is 18.2 Å². The van der Waals surface area contributed by atoms with Gasteiger partial charge in [0.15, 0.2) is 5.82 Å². The van der Waals surface area contributed by atoms with Crippen LogP contribution in [0.25, 0.3) is 0 Å². The molecule has 0 saturated heterocycles. The van der Waals surface area contributed by atoms with E-state index >= 15 is 0 Å². The molecule has 5 heteroatoms. The smallest absolute Gasteiger partial charge is 0.215 e. The molecule has 0 unspecified atom stereocenters. The number of nitrogens with zero attached hydrogens (tertiary/aromatic N) is 1. The first-order chi connectivity index (χ1) is 9.72. The van der Waals surface area contributed by atoms with Crippen LogP contribution in [0.4, 0.5) is 15.9 Å². The Morgan fingerprint density at radius 2 is 2.05 bits per heavy atom. The maximum Gasteiger partial charge on any atom is 0.215 e. The summed E-state index contributed by atoms with van der Waals surface area (Å²) >= 11 is 0. The molecule has 0 aliphatic heterocycles. The summed E-state index contributed by atoms with van der Waals surface area (Å²) in [7, 11) is 0. The van der Waals surface area contributed by atoms with Gasteiger partial charge in [0.25, 0.3) is 0 Å². The number of pyridine rings is 1. The van der Waals surface area contributed by atoms with E-state index in [-0.39, 0.29) is 12.4 Å². The summed E-state index contributed by atoms with van der Waals surface area (Å²) in [5.41, 5.74) is 6.95. The minimum absolute atomic E-state index is 0.145. The van der Waals surface area contributed by atoms with E-state index in [0.29, 0.717) is 29.0 Å². The Morgan fingerprint density at radius 1 is 1.25 bits per heavy atom. The zero-order valence-corrected chi connectivity index (χ0v) is 11.0. The number of halogens is 1. The van der Waals surface area contributed by atoms with E-state index in [4.69, 9.17) is 10.5 Å². The van der Waals surface area contributed by atoms with Crippen molar-refractivity contribution in [1.29, 1.82) is 0 Å². The third-order valence-electron chi connectivity index (χ3n) is 3.15. The summed E-state index contributed by atoms with van der Waals surface area (Å²) < 4.78 is 19.0. The van der Waals surface area contributed by atoms with Crippen LogP contribution in [0.2, 0.25) is 0 Å². The molecule has 1 saturated carbocycles. The fourth-order valence-corrected chi connectivity index (χ4v) is 1.84. The van der Waals surface area contributed by atoms with Gasteiger partial charge in [0.1, 0.15) is 12.4 Å². The summed E-state index contributed by atoms with van der Waals surface area (Å²) in [6.45, 7) is 0.145. The number of nitrogens with one attached hydrogen (secondary N) is 1. The van der Waals surface area contributed by atoms with E-state index < -0.39 is 0 Å². The Bertz CT molecular complexity index is 614. The molecular formula is C15H16FN3O. The van der Waals surface area contributed by atoms with E-state index in [9.17, 15) is 4.39 Å². The highest BCUT2D eigenvalue weighted by atomic mass is 19.1. The topological polar surface area (TPSA) is 60.2 Å². The summed E-state index contributed by atoms with van der Waals surface area (Å²) in [5, 5.41) is 3.24. The predicted molar refractivity (Wildman–Crippen MR) is 76.0 cm³/mol. The maximum absolute atomic E-state index is 13.5. The minimum atomic E-state index is -0.278. The zero-order chi connectivity index (χ0) is 13.9. The lowest BCUT2D eigenvalue weighted by Crippen LogP contribution is -2.07.